The van der Waals surface area contributed by atoms with Crippen LogP contribution < -0.4 is 10.8 Å². The fourth-order valence-electron chi connectivity index (χ4n) is 3.56. The van der Waals surface area contributed by atoms with Crippen LogP contribution in [0.15, 0.2) is 23.9 Å². The number of halogens is 2. The highest BCUT2D eigenvalue weighted by Gasteiger charge is 2.41. The topological polar surface area (TPSA) is 70.7 Å². The van der Waals surface area contributed by atoms with Gasteiger partial charge >= 0.3 is 0 Å². The molecule has 0 bridgehead atoms. The second-order valence-corrected chi connectivity index (χ2v) is 7.83. The number of aryl methyl sites for hydroxylation is 1. The first-order valence-corrected chi connectivity index (χ1v) is 9.57. The summed E-state index contributed by atoms with van der Waals surface area (Å²) in [5, 5.41) is 2.88. The standard InChI is InChI=1S/C20H23F2N3O3/c1-12-2-5-14(17(22)16(12)21)19(27)25-8-6-20(7-9-25)10-15(24-28-20)18(26)23-11-13-3-4-13/h2,5,10,13,24H,3-4,6-9,11H2,1H3,(H,23,26). The highest BCUT2D eigenvalue weighted by atomic mass is 19.2. The maximum Gasteiger partial charge on any atom is 0.269 e. The molecule has 1 saturated carbocycles. The molecule has 2 aliphatic heterocycles. The number of nitrogens with zero attached hydrogens (tertiary/aromatic N) is 1. The summed E-state index contributed by atoms with van der Waals surface area (Å²) in [6, 6.07) is 2.71. The van der Waals surface area contributed by atoms with Gasteiger partial charge in [-0.05, 0) is 43.4 Å². The Kier molecular flexibility index (Phi) is 4.82. The molecular formula is C20H23F2N3O3. The van der Waals surface area contributed by atoms with E-state index in [1.807, 2.05) is 0 Å². The summed E-state index contributed by atoms with van der Waals surface area (Å²) < 4.78 is 27.9. The van der Waals surface area contributed by atoms with Crippen LogP contribution in [-0.2, 0) is 9.63 Å². The van der Waals surface area contributed by atoms with Crippen LogP contribution in [0.2, 0.25) is 0 Å². The molecule has 1 saturated heterocycles. The molecule has 28 heavy (non-hydrogen) atoms. The van der Waals surface area contributed by atoms with Crippen LogP contribution in [0.5, 0.6) is 0 Å². The number of rotatable bonds is 4. The molecule has 0 unspecified atom stereocenters. The smallest absolute Gasteiger partial charge is 0.269 e. The monoisotopic (exact) mass is 391 g/mol. The molecule has 1 aromatic carbocycles. The fourth-order valence-corrected chi connectivity index (χ4v) is 3.56. The Morgan fingerprint density at radius 2 is 1.96 bits per heavy atom. The zero-order chi connectivity index (χ0) is 19.9. The third-order valence-electron chi connectivity index (χ3n) is 5.67. The number of likely N-dealkylation sites (tertiary alicyclic amines) is 1. The van der Waals surface area contributed by atoms with Gasteiger partial charge in [-0.25, -0.2) is 8.78 Å². The molecule has 0 aromatic heterocycles. The Labute approximate surface area is 161 Å². The summed E-state index contributed by atoms with van der Waals surface area (Å²) >= 11 is 0. The lowest BCUT2D eigenvalue weighted by atomic mass is 9.90. The molecule has 8 heteroatoms. The zero-order valence-corrected chi connectivity index (χ0v) is 15.7. The SMILES string of the molecule is Cc1ccc(C(=O)N2CCC3(C=C(C(=O)NCC4CC4)NO3)CC2)c(F)c1F. The predicted octanol–water partition coefficient (Wildman–Crippen LogP) is 2.19. The Bertz CT molecular complexity index is 843. The quantitative estimate of drug-likeness (QED) is 0.826. The number of hydrogen-bond acceptors (Lipinski definition) is 4. The molecule has 3 aliphatic rings. The van der Waals surface area contributed by atoms with Gasteiger partial charge in [0.15, 0.2) is 11.6 Å². The predicted molar refractivity (Wildman–Crippen MR) is 97.0 cm³/mol. The molecule has 2 heterocycles. The average Bonchev–Trinajstić information content (AvgIpc) is 3.44. The third-order valence-corrected chi connectivity index (χ3v) is 5.67. The lowest BCUT2D eigenvalue weighted by molar-refractivity contribution is -0.120. The molecule has 2 amide bonds. The first kappa shape index (κ1) is 18.9. The van der Waals surface area contributed by atoms with E-state index in [1.165, 1.54) is 24.0 Å². The summed E-state index contributed by atoms with van der Waals surface area (Å²) in [5.41, 5.74) is 2.31. The van der Waals surface area contributed by atoms with Gasteiger partial charge in [0.2, 0.25) is 0 Å². The number of carbonyl (C=O) groups is 2. The van der Waals surface area contributed by atoms with Crippen molar-refractivity contribution in [2.45, 2.75) is 38.2 Å². The Balaban J connectivity index is 1.38. The molecule has 2 fully saturated rings. The van der Waals surface area contributed by atoms with Gasteiger partial charge in [-0.3, -0.25) is 19.9 Å². The van der Waals surface area contributed by atoms with Crippen molar-refractivity contribution in [3.05, 3.63) is 46.7 Å². The molecule has 4 rings (SSSR count). The number of hydrogen-bond donors (Lipinski definition) is 2. The van der Waals surface area contributed by atoms with Crippen molar-refractivity contribution in [1.29, 1.82) is 0 Å². The normalized spacial score (nSPS) is 20.7. The van der Waals surface area contributed by atoms with Crippen LogP contribution in [0.3, 0.4) is 0 Å². The van der Waals surface area contributed by atoms with E-state index in [1.54, 1.807) is 6.08 Å². The first-order valence-electron chi connectivity index (χ1n) is 9.57. The number of benzene rings is 1. The number of hydroxylamine groups is 1. The lowest BCUT2D eigenvalue weighted by Gasteiger charge is -2.36. The average molecular weight is 391 g/mol. The molecule has 2 N–H and O–H groups in total. The van der Waals surface area contributed by atoms with Crippen molar-refractivity contribution in [3.63, 3.8) is 0 Å². The summed E-state index contributed by atoms with van der Waals surface area (Å²) in [6.07, 6.45) is 5.00. The summed E-state index contributed by atoms with van der Waals surface area (Å²) in [6.45, 7) is 2.77. The van der Waals surface area contributed by atoms with Gasteiger partial charge in [-0.2, -0.15) is 0 Å². The van der Waals surface area contributed by atoms with Crippen LogP contribution >= 0.6 is 0 Å². The van der Waals surface area contributed by atoms with E-state index >= 15 is 0 Å². The minimum atomic E-state index is -1.11. The van der Waals surface area contributed by atoms with Crippen LogP contribution in [-0.4, -0.2) is 41.9 Å². The molecule has 150 valence electrons. The van der Waals surface area contributed by atoms with Gasteiger partial charge in [0.25, 0.3) is 11.8 Å². The maximum absolute atomic E-state index is 14.1. The molecule has 0 atom stereocenters. The number of amides is 2. The minimum absolute atomic E-state index is 0.162. The van der Waals surface area contributed by atoms with E-state index in [4.69, 9.17) is 4.84 Å². The largest absolute Gasteiger partial charge is 0.350 e. The van der Waals surface area contributed by atoms with E-state index in [-0.39, 0.29) is 17.0 Å². The Hall–Kier alpha value is -2.48. The van der Waals surface area contributed by atoms with Gasteiger partial charge in [0.1, 0.15) is 11.3 Å². The Morgan fingerprint density at radius 1 is 1.25 bits per heavy atom. The van der Waals surface area contributed by atoms with E-state index < -0.39 is 23.1 Å². The lowest BCUT2D eigenvalue weighted by Crippen LogP contribution is -2.47. The maximum atomic E-state index is 14.1. The number of piperidine rings is 1. The Morgan fingerprint density at radius 3 is 2.64 bits per heavy atom. The molecule has 0 radical (unpaired) electrons. The van der Waals surface area contributed by atoms with Gasteiger partial charge in [0.05, 0.1) is 5.56 Å². The fraction of sp³-hybridized carbons (Fsp3) is 0.500. The van der Waals surface area contributed by atoms with E-state index in [9.17, 15) is 18.4 Å². The number of nitrogens with one attached hydrogen (secondary N) is 2. The molecule has 6 nitrogen and oxygen atoms in total. The van der Waals surface area contributed by atoms with E-state index in [2.05, 4.69) is 10.8 Å². The second-order valence-electron chi connectivity index (χ2n) is 7.83. The highest BCUT2D eigenvalue weighted by molar-refractivity contribution is 5.95. The second kappa shape index (κ2) is 7.16. The van der Waals surface area contributed by atoms with Crippen LogP contribution in [0.25, 0.3) is 0 Å². The van der Waals surface area contributed by atoms with Crippen molar-refractivity contribution < 1.29 is 23.2 Å². The first-order chi connectivity index (χ1) is 13.4. The van der Waals surface area contributed by atoms with Crippen molar-refractivity contribution in [2.75, 3.05) is 19.6 Å². The van der Waals surface area contributed by atoms with Crippen molar-refractivity contribution in [1.82, 2.24) is 15.7 Å². The number of carbonyl (C=O) groups excluding carboxylic acids is 2. The zero-order valence-electron chi connectivity index (χ0n) is 15.7. The van der Waals surface area contributed by atoms with Gasteiger partial charge in [0, 0.05) is 32.5 Å². The van der Waals surface area contributed by atoms with E-state index in [0.717, 1.165) is 12.8 Å². The van der Waals surface area contributed by atoms with Crippen molar-refractivity contribution in [3.8, 4) is 0 Å². The summed E-state index contributed by atoms with van der Waals surface area (Å²) in [7, 11) is 0. The molecular weight excluding hydrogens is 368 g/mol. The summed E-state index contributed by atoms with van der Waals surface area (Å²) in [4.78, 5) is 31.9. The molecule has 1 spiro atoms. The van der Waals surface area contributed by atoms with Gasteiger partial charge in [-0.1, -0.05) is 6.07 Å². The minimum Gasteiger partial charge on any atom is -0.350 e. The van der Waals surface area contributed by atoms with Crippen LogP contribution in [0.1, 0.15) is 41.6 Å². The molecule has 1 aliphatic carbocycles. The third kappa shape index (κ3) is 3.61. The van der Waals surface area contributed by atoms with Gasteiger partial charge in [-0.15, -0.1) is 0 Å². The van der Waals surface area contributed by atoms with Gasteiger partial charge < -0.3 is 10.2 Å². The van der Waals surface area contributed by atoms with Crippen molar-refractivity contribution in [2.24, 2.45) is 5.92 Å². The van der Waals surface area contributed by atoms with E-state index in [0.29, 0.717) is 44.1 Å². The molecule has 1 aromatic rings. The van der Waals surface area contributed by atoms with Crippen LogP contribution in [0, 0.1) is 24.5 Å². The highest BCUT2D eigenvalue weighted by Crippen LogP contribution is 2.33. The summed E-state index contributed by atoms with van der Waals surface area (Å²) in [5.74, 6) is -2.25. The van der Waals surface area contributed by atoms with Crippen LogP contribution in [0.4, 0.5) is 8.78 Å². The van der Waals surface area contributed by atoms with Crippen molar-refractivity contribution >= 4 is 11.8 Å².